The molecule has 0 aliphatic rings. The van der Waals surface area contributed by atoms with Gasteiger partial charge in [-0.1, -0.05) is 62.7 Å². The molecule has 0 atom stereocenters. The van der Waals surface area contributed by atoms with Crippen LogP contribution in [0.15, 0.2) is 82.3 Å². The Hall–Kier alpha value is -3.57. The van der Waals surface area contributed by atoms with Gasteiger partial charge in [0.05, 0.1) is 11.1 Å². The first kappa shape index (κ1) is 21.3. The first-order chi connectivity index (χ1) is 15.8. The minimum absolute atomic E-state index is 0.0158. The molecule has 5 nitrogen and oxygen atoms in total. The number of hydrogen-bond acceptors (Lipinski definition) is 4. The molecule has 166 valence electrons. The van der Waals surface area contributed by atoms with Crippen LogP contribution >= 0.6 is 11.6 Å². The van der Waals surface area contributed by atoms with E-state index >= 15 is 0 Å². The standard InChI is InChI=1S/C27H23ClN2O3/c1-27(2,3)18-9-7-17(8-10-18)25-26(24(31)21-14-19(28)11-12-22(21)33-25)32-16-20-15-30-13-5-4-6-23(30)29-20/h4-15H,16H2,1-3H3. The lowest BCUT2D eigenvalue weighted by molar-refractivity contribution is 0.294. The van der Waals surface area contributed by atoms with Crippen molar-refractivity contribution in [3.63, 3.8) is 0 Å². The molecule has 33 heavy (non-hydrogen) atoms. The first-order valence-corrected chi connectivity index (χ1v) is 11.1. The van der Waals surface area contributed by atoms with E-state index in [2.05, 4.69) is 25.8 Å². The lowest BCUT2D eigenvalue weighted by Crippen LogP contribution is -2.11. The largest absolute Gasteiger partial charge is 0.480 e. The second-order valence-corrected chi connectivity index (χ2v) is 9.48. The van der Waals surface area contributed by atoms with Crippen LogP contribution in [0, 0.1) is 0 Å². The van der Waals surface area contributed by atoms with Crippen LogP contribution in [0.1, 0.15) is 32.0 Å². The lowest BCUT2D eigenvalue weighted by atomic mass is 9.86. The average molecular weight is 459 g/mol. The SMILES string of the molecule is CC(C)(C)c1ccc(-c2oc3ccc(Cl)cc3c(=O)c2OCc2cn3ccccc3n2)cc1. The van der Waals surface area contributed by atoms with Gasteiger partial charge < -0.3 is 13.6 Å². The molecule has 0 unspecified atom stereocenters. The van der Waals surface area contributed by atoms with E-state index in [1.807, 2.05) is 59.3 Å². The summed E-state index contributed by atoms with van der Waals surface area (Å²) in [5.41, 5.74) is 3.68. The van der Waals surface area contributed by atoms with Crippen molar-refractivity contribution in [3.8, 4) is 17.1 Å². The maximum atomic E-state index is 13.4. The molecule has 5 aromatic rings. The number of nitrogens with zero attached hydrogens (tertiary/aromatic N) is 2. The van der Waals surface area contributed by atoms with Gasteiger partial charge in [-0.15, -0.1) is 0 Å². The van der Waals surface area contributed by atoms with Crippen LogP contribution in [0.3, 0.4) is 0 Å². The normalized spacial score (nSPS) is 11.9. The fourth-order valence-corrected chi connectivity index (χ4v) is 3.97. The molecule has 0 saturated carbocycles. The summed E-state index contributed by atoms with van der Waals surface area (Å²) in [5.74, 6) is 0.532. The highest BCUT2D eigenvalue weighted by Gasteiger charge is 2.20. The molecule has 0 amide bonds. The Kier molecular flexibility index (Phi) is 5.22. The van der Waals surface area contributed by atoms with Gasteiger partial charge in [-0.05, 0) is 41.3 Å². The molecular weight excluding hydrogens is 436 g/mol. The second-order valence-electron chi connectivity index (χ2n) is 9.04. The van der Waals surface area contributed by atoms with Crippen LogP contribution in [-0.4, -0.2) is 9.38 Å². The molecule has 2 aromatic carbocycles. The summed E-state index contributed by atoms with van der Waals surface area (Å²) in [6, 6.07) is 18.8. The zero-order chi connectivity index (χ0) is 23.2. The monoisotopic (exact) mass is 458 g/mol. The maximum Gasteiger partial charge on any atom is 0.235 e. The first-order valence-electron chi connectivity index (χ1n) is 10.7. The number of aromatic nitrogens is 2. The number of pyridine rings is 1. The molecule has 0 fully saturated rings. The van der Waals surface area contributed by atoms with Crippen molar-refractivity contribution < 1.29 is 9.15 Å². The zero-order valence-electron chi connectivity index (χ0n) is 18.6. The number of benzene rings is 2. The van der Waals surface area contributed by atoms with Gasteiger partial charge in [0.1, 0.15) is 17.8 Å². The Labute approximate surface area is 196 Å². The smallest absolute Gasteiger partial charge is 0.235 e. The third kappa shape index (κ3) is 4.12. The van der Waals surface area contributed by atoms with Gasteiger partial charge in [0, 0.05) is 23.0 Å². The molecule has 3 heterocycles. The summed E-state index contributed by atoms with van der Waals surface area (Å²) < 4.78 is 14.1. The highest BCUT2D eigenvalue weighted by Crippen LogP contribution is 2.33. The number of imidazole rings is 1. The van der Waals surface area contributed by atoms with Crippen LogP contribution in [0.2, 0.25) is 5.02 Å². The van der Waals surface area contributed by atoms with Crippen LogP contribution in [0.4, 0.5) is 0 Å². The van der Waals surface area contributed by atoms with E-state index in [0.717, 1.165) is 11.2 Å². The number of hydrogen-bond donors (Lipinski definition) is 0. The minimum atomic E-state index is -0.266. The van der Waals surface area contributed by atoms with Crippen LogP contribution in [0.5, 0.6) is 5.75 Å². The van der Waals surface area contributed by atoms with E-state index in [4.69, 9.17) is 20.8 Å². The van der Waals surface area contributed by atoms with Crippen LogP contribution in [0.25, 0.3) is 27.9 Å². The molecule has 5 rings (SSSR count). The number of ether oxygens (including phenoxy) is 1. The molecule has 0 radical (unpaired) electrons. The quantitative estimate of drug-likeness (QED) is 0.303. The fourth-order valence-electron chi connectivity index (χ4n) is 3.80. The predicted molar refractivity (Wildman–Crippen MR) is 131 cm³/mol. The molecule has 0 spiro atoms. The zero-order valence-corrected chi connectivity index (χ0v) is 19.4. The molecule has 0 bridgehead atoms. The Morgan fingerprint density at radius 3 is 2.58 bits per heavy atom. The van der Waals surface area contributed by atoms with Gasteiger partial charge in [-0.2, -0.15) is 0 Å². The second kappa shape index (κ2) is 8.09. The molecule has 0 saturated heterocycles. The lowest BCUT2D eigenvalue weighted by Gasteiger charge is -2.19. The Bertz CT molecular complexity index is 1490. The Morgan fingerprint density at radius 2 is 1.85 bits per heavy atom. The number of halogens is 1. The third-order valence-electron chi connectivity index (χ3n) is 5.60. The highest BCUT2D eigenvalue weighted by atomic mass is 35.5. The van der Waals surface area contributed by atoms with E-state index in [1.54, 1.807) is 18.2 Å². The molecular formula is C27H23ClN2O3. The van der Waals surface area contributed by atoms with Gasteiger partial charge in [0.2, 0.25) is 11.2 Å². The predicted octanol–water partition coefficient (Wildman–Crippen LogP) is 6.64. The summed E-state index contributed by atoms with van der Waals surface area (Å²) in [6.45, 7) is 6.60. The van der Waals surface area contributed by atoms with E-state index in [9.17, 15) is 4.79 Å². The van der Waals surface area contributed by atoms with Crippen molar-refractivity contribution in [2.24, 2.45) is 0 Å². The van der Waals surface area contributed by atoms with Gasteiger partial charge in [0.25, 0.3) is 0 Å². The van der Waals surface area contributed by atoms with Gasteiger partial charge in [-0.25, -0.2) is 4.98 Å². The molecule has 0 N–H and O–H groups in total. The molecule has 0 aliphatic carbocycles. The van der Waals surface area contributed by atoms with Crippen LogP contribution < -0.4 is 10.2 Å². The van der Waals surface area contributed by atoms with Crippen LogP contribution in [-0.2, 0) is 12.0 Å². The van der Waals surface area contributed by atoms with Gasteiger partial charge >= 0.3 is 0 Å². The van der Waals surface area contributed by atoms with Crippen molar-refractivity contribution in [2.45, 2.75) is 32.8 Å². The summed E-state index contributed by atoms with van der Waals surface area (Å²) in [4.78, 5) is 18.0. The highest BCUT2D eigenvalue weighted by molar-refractivity contribution is 6.31. The van der Waals surface area contributed by atoms with Crippen molar-refractivity contribution >= 4 is 28.2 Å². The maximum absolute atomic E-state index is 13.4. The van der Waals surface area contributed by atoms with E-state index in [0.29, 0.717) is 27.4 Å². The topological polar surface area (TPSA) is 56.7 Å². The van der Waals surface area contributed by atoms with E-state index in [1.165, 1.54) is 5.56 Å². The molecule has 3 aromatic heterocycles. The van der Waals surface area contributed by atoms with E-state index < -0.39 is 0 Å². The summed E-state index contributed by atoms with van der Waals surface area (Å²) in [6.07, 6.45) is 3.80. The van der Waals surface area contributed by atoms with Crippen molar-refractivity contribution in [3.05, 3.63) is 99.6 Å². The van der Waals surface area contributed by atoms with Crippen molar-refractivity contribution in [2.75, 3.05) is 0 Å². The number of fused-ring (bicyclic) bond motifs is 2. The summed E-state index contributed by atoms with van der Waals surface area (Å²) in [7, 11) is 0. The van der Waals surface area contributed by atoms with Gasteiger partial charge in [0.15, 0.2) is 5.76 Å². The molecule has 0 aliphatic heterocycles. The molecule has 6 heteroatoms. The van der Waals surface area contributed by atoms with Gasteiger partial charge in [-0.3, -0.25) is 4.79 Å². The Morgan fingerprint density at radius 1 is 1.06 bits per heavy atom. The van der Waals surface area contributed by atoms with Crippen molar-refractivity contribution in [1.29, 1.82) is 0 Å². The van der Waals surface area contributed by atoms with Crippen molar-refractivity contribution in [1.82, 2.24) is 9.38 Å². The summed E-state index contributed by atoms with van der Waals surface area (Å²) >= 11 is 6.14. The summed E-state index contributed by atoms with van der Waals surface area (Å²) in [5, 5.41) is 0.839. The third-order valence-corrected chi connectivity index (χ3v) is 5.84. The van der Waals surface area contributed by atoms with E-state index in [-0.39, 0.29) is 23.2 Å². The number of rotatable bonds is 4. The minimum Gasteiger partial charge on any atom is -0.480 e. The average Bonchev–Trinajstić information content (AvgIpc) is 3.21. The fraction of sp³-hybridized carbons (Fsp3) is 0.185. The Balaban J connectivity index is 1.60.